The fourth-order valence-corrected chi connectivity index (χ4v) is 3.41. The van der Waals surface area contributed by atoms with Crippen LogP contribution in [-0.4, -0.2) is 17.9 Å². The fourth-order valence-electron chi connectivity index (χ4n) is 3.41. The first-order valence-corrected chi connectivity index (χ1v) is 9.32. The Morgan fingerprint density at radius 2 is 2.00 bits per heavy atom. The second-order valence-electron chi connectivity index (χ2n) is 6.96. The second kappa shape index (κ2) is 8.21. The van der Waals surface area contributed by atoms with E-state index >= 15 is 0 Å². The number of amides is 2. The maximum absolute atomic E-state index is 13.0. The van der Waals surface area contributed by atoms with Crippen LogP contribution in [0.3, 0.4) is 0 Å². The lowest BCUT2D eigenvalue weighted by molar-refractivity contribution is -0.125. The minimum Gasteiger partial charge on any atom is -0.469 e. The summed E-state index contributed by atoms with van der Waals surface area (Å²) in [5, 5.41) is 6.04. The van der Waals surface area contributed by atoms with Crippen LogP contribution in [0.5, 0.6) is 0 Å². The zero-order chi connectivity index (χ0) is 18.5. The summed E-state index contributed by atoms with van der Waals surface area (Å²) in [6.45, 7) is 4.01. The minimum atomic E-state index is -0.565. The Morgan fingerprint density at radius 1 is 1.23 bits per heavy atom. The fraction of sp³-hybridized carbons (Fsp3) is 0.429. The van der Waals surface area contributed by atoms with E-state index in [4.69, 9.17) is 4.42 Å². The van der Waals surface area contributed by atoms with Crippen LogP contribution in [0, 0.1) is 5.92 Å². The van der Waals surface area contributed by atoms with Gasteiger partial charge in [-0.2, -0.15) is 0 Å². The van der Waals surface area contributed by atoms with E-state index in [2.05, 4.69) is 10.6 Å². The van der Waals surface area contributed by atoms with Gasteiger partial charge in [0, 0.05) is 17.5 Å². The molecule has 0 radical (unpaired) electrons. The van der Waals surface area contributed by atoms with E-state index < -0.39 is 6.04 Å². The van der Waals surface area contributed by atoms with Crippen LogP contribution in [0.25, 0.3) is 0 Å². The first-order chi connectivity index (χ1) is 12.6. The van der Waals surface area contributed by atoms with Crippen molar-refractivity contribution in [1.82, 2.24) is 10.6 Å². The molecule has 0 saturated carbocycles. The van der Waals surface area contributed by atoms with E-state index in [1.54, 1.807) is 18.4 Å². The molecule has 1 heterocycles. The molecule has 1 aliphatic rings. The predicted octanol–water partition coefficient (Wildman–Crippen LogP) is 3.62. The Labute approximate surface area is 154 Å². The largest absolute Gasteiger partial charge is 0.469 e. The molecule has 1 aromatic carbocycles. The van der Waals surface area contributed by atoms with Gasteiger partial charge in [-0.25, -0.2) is 0 Å². The normalized spacial score (nSPS) is 18.5. The maximum atomic E-state index is 13.0. The average molecular weight is 354 g/mol. The van der Waals surface area contributed by atoms with Crippen molar-refractivity contribution in [3.05, 3.63) is 59.5 Å². The molecule has 0 aliphatic heterocycles. The third-order valence-corrected chi connectivity index (χ3v) is 5.19. The zero-order valence-electron chi connectivity index (χ0n) is 15.3. The van der Waals surface area contributed by atoms with E-state index in [1.807, 2.05) is 38.1 Å². The highest BCUT2D eigenvalue weighted by atomic mass is 16.3. The van der Waals surface area contributed by atoms with Gasteiger partial charge in [-0.3, -0.25) is 9.59 Å². The quantitative estimate of drug-likeness (QED) is 0.832. The maximum Gasteiger partial charge on any atom is 0.251 e. The van der Waals surface area contributed by atoms with Crippen LogP contribution in [-0.2, 0) is 11.2 Å². The molecule has 3 rings (SSSR count). The minimum absolute atomic E-state index is 0.0371. The number of hydrogen-bond acceptors (Lipinski definition) is 3. The first-order valence-electron chi connectivity index (χ1n) is 9.32. The van der Waals surface area contributed by atoms with Crippen LogP contribution < -0.4 is 10.6 Å². The van der Waals surface area contributed by atoms with Crippen LogP contribution >= 0.6 is 0 Å². The number of nitrogens with one attached hydrogen (secondary N) is 2. The Kier molecular flexibility index (Phi) is 5.76. The van der Waals surface area contributed by atoms with Crippen molar-refractivity contribution < 1.29 is 14.0 Å². The van der Waals surface area contributed by atoms with Crippen molar-refractivity contribution in [2.24, 2.45) is 5.92 Å². The number of aryl methyl sites for hydroxylation is 1. The first kappa shape index (κ1) is 18.2. The average Bonchev–Trinajstić information content (AvgIpc) is 3.15. The van der Waals surface area contributed by atoms with Crippen molar-refractivity contribution in [2.45, 2.75) is 51.6 Å². The molecular formula is C21H26N2O3. The van der Waals surface area contributed by atoms with Crippen LogP contribution in [0.1, 0.15) is 60.8 Å². The number of hydrogen-bond donors (Lipinski definition) is 2. The predicted molar refractivity (Wildman–Crippen MR) is 99.7 cm³/mol. The third-order valence-electron chi connectivity index (χ3n) is 5.19. The van der Waals surface area contributed by atoms with Crippen molar-refractivity contribution in [3.8, 4) is 0 Å². The lowest BCUT2D eigenvalue weighted by atomic mass is 9.92. The number of rotatable bonds is 6. The van der Waals surface area contributed by atoms with E-state index in [0.29, 0.717) is 5.56 Å². The standard InChI is InChI=1S/C21H26N2O3/c1-3-14(2)19(23-20(24)15-8-5-4-6-9-15)21(25)22-17-10-7-11-18-16(17)12-13-26-18/h4-6,8-9,12-14,17,19H,3,7,10-11H2,1-2H3,(H,22,25)(H,23,24). The highest BCUT2D eigenvalue weighted by Crippen LogP contribution is 2.30. The lowest BCUT2D eigenvalue weighted by Gasteiger charge is -2.28. The van der Waals surface area contributed by atoms with Gasteiger partial charge >= 0.3 is 0 Å². The summed E-state index contributed by atoms with van der Waals surface area (Å²) in [5.74, 6) is 0.631. The van der Waals surface area contributed by atoms with Crippen LogP contribution in [0.4, 0.5) is 0 Å². The number of carbonyl (C=O) groups is 2. The van der Waals surface area contributed by atoms with Gasteiger partial charge in [-0.05, 0) is 37.0 Å². The molecule has 3 unspecified atom stereocenters. The molecule has 0 spiro atoms. The Morgan fingerprint density at radius 3 is 2.73 bits per heavy atom. The van der Waals surface area contributed by atoms with Gasteiger partial charge in [-0.15, -0.1) is 0 Å². The summed E-state index contributed by atoms with van der Waals surface area (Å²) >= 11 is 0. The summed E-state index contributed by atoms with van der Waals surface area (Å²) in [4.78, 5) is 25.5. The van der Waals surface area contributed by atoms with E-state index in [9.17, 15) is 9.59 Å². The molecule has 5 heteroatoms. The monoisotopic (exact) mass is 354 g/mol. The van der Waals surface area contributed by atoms with Crippen molar-refractivity contribution >= 4 is 11.8 Å². The highest BCUT2D eigenvalue weighted by Gasteiger charge is 2.30. The number of benzene rings is 1. The van der Waals surface area contributed by atoms with Crippen molar-refractivity contribution in [2.75, 3.05) is 0 Å². The van der Waals surface area contributed by atoms with Crippen LogP contribution in [0.15, 0.2) is 47.1 Å². The van der Waals surface area contributed by atoms with Crippen molar-refractivity contribution in [1.29, 1.82) is 0 Å². The van der Waals surface area contributed by atoms with Gasteiger partial charge in [0.05, 0.1) is 12.3 Å². The van der Waals surface area contributed by atoms with Crippen LogP contribution in [0.2, 0.25) is 0 Å². The van der Waals surface area contributed by atoms with Gasteiger partial charge in [0.2, 0.25) is 5.91 Å². The van der Waals surface area contributed by atoms with Gasteiger partial charge in [0.1, 0.15) is 11.8 Å². The molecule has 2 N–H and O–H groups in total. The summed E-state index contributed by atoms with van der Waals surface area (Å²) < 4.78 is 5.50. The molecule has 26 heavy (non-hydrogen) atoms. The van der Waals surface area contributed by atoms with E-state index in [-0.39, 0.29) is 23.8 Å². The summed E-state index contributed by atoms with van der Waals surface area (Å²) in [6, 6.07) is 10.3. The molecular weight excluding hydrogens is 328 g/mol. The Hall–Kier alpha value is -2.56. The molecule has 3 atom stereocenters. The molecule has 138 valence electrons. The molecule has 1 aromatic heterocycles. The second-order valence-corrected chi connectivity index (χ2v) is 6.96. The Bertz CT molecular complexity index is 754. The molecule has 0 fully saturated rings. The van der Waals surface area contributed by atoms with E-state index in [1.165, 1.54) is 0 Å². The molecule has 0 saturated heterocycles. The molecule has 5 nitrogen and oxygen atoms in total. The molecule has 2 amide bonds. The van der Waals surface area contributed by atoms with E-state index in [0.717, 1.165) is 37.0 Å². The lowest BCUT2D eigenvalue weighted by Crippen LogP contribution is -2.51. The molecule has 0 bridgehead atoms. The molecule has 2 aromatic rings. The molecule has 1 aliphatic carbocycles. The summed E-state index contributed by atoms with van der Waals surface area (Å²) in [7, 11) is 0. The van der Waals surface area contributed by atoms with Gasteiger partial charge < -0.3 is 15.1 Å². The SMILES string of the molecule is CCC(C)C(NC(=O)c1ccccc1)C(=O)NC1CCCc2occc21. The number of carbonyl (C=O) groups excluding carboxylic acids is 2. The number of fused-ring (bicyclic) bond motifs is 1. The third kappa shape index (κ3) is 3.98. The number of furan rings is 1. The van der Waals surface area contributed by atoms with Gasteiger partial charge in [0.15, 0.2) is 0 Å². The summed E-state index contributed by atoms with van der Waals surface area (Å²) in [5.41, 5.74) is 1.62. The van der Waals surface area contributed by atoms with Gasteiger partial charge in [0.25, 0.3) is 5.91 Å². The smallest absolute Gasteiger partial charge is 0.251 e. The summed E-state index contributed by atoms with van der Waals surface area (Å²) in [6.07, 6.45) is 5.26. The highest BCUT2D eigenvalue weighted by molar-refractivity contribution is 5.97. The van der Waals surface area contributed by atoms with Gasteiger partial charge in [-0.1, -0.05) is 38.5 Å². The van der Waals surface area contributed by atoms with Crippen molar-refractivity contribution in [3.63, 3.8) is 0 Å². The Balaban J connectivity index is 1.72. The zero-order valence-corrected chi connectivity index (χ0v) is 15.3. The topological polar surface area (TPSA) is 71.3 Å².